The zero-order valence-electron chi connectivity index (χ0n) is 17.9. The molecule has 0 saturated heterocycles. The van der Waals surface area contributed by atoms with Crippen molar-refractivity contribution in [3.63, 3.8) is 0 Å². The molecule has 1 heterocycles. The van der Waals surface area contributed by atoms with Crippen molar-refractivity contribution >= 4 is 34.9 Å². The fourth-order valence-corrected chi connectivity index (χ4v) is 3.87. The zero-order chi connectivity index (χ0) is 24.7. The number of hydrogen-bond acceptors (Lipinski definition) is 9. The molecule has 0 fully saturated rings. The van der Waals surface area contributed by atoms with E-state index < -0.39 is 4.92 Å². The van der Waals surface area contributed by atoms with Gasteiger partial charge in [-0.05, 0) is 48.9 Å². The summed E-state index contributed by atoms with van der Waals surface area (Å²) in [6.07, 6.45) is 0. The summed E-state index contributed by atoms with van der Waals surface area (Å²) in [5.41, 5.74) is 7.05. The number of nitrogens with two attached hydrogens (primary N) is 1. The Morgan fingerprint density at radius 2 is 1.79 bits per heavy atom. The number of nitrogens with one attached hydrogen (secondary N) is 1. The van der Waals surface area contributed by atoms with E-state index in [-0.39, 0.29) is 44.9 Å². The van der Waals surface area contributed by atoms with Crippen LogP contribution < -0.4 is 15.8 Å². The summed E-state index contributed by atoms with van der Waals surface area (Å²) < 4.78 is 5.37. The number of nitro benzene ring substituents is 1. The first-order chi connectivity index (χ1) is 16.4. The molecule has 2 aromatic carbocycles. The van der Waals surface area contributed by atoms with Gasteiger partial charge in [-0.3, -0.25) is 14.9 Å². The molecule has 3 aromatic rings. The number of pyridine rings is 1. The Kier molecular flexibility index (Phi) is 7.64. The largest absolute Gasteiger partial charge is 0.494 e. The minimum absolute atomic E-state index is 0.0198. The van der Waals surface area contributed by atoms with Crippen molar-refractivity contribution < 1.29 is 14.5 Å². The van der Waals surface area contributed by atoms with Crippen LogP contribution >= 0.6 is 11.8 Å². The molecule has 0 aliphatic carbocycles. The Morgan fingerprint density at radius 3 is 2.35 bits per heavy atom. The predicted molar refractivity (Wildman–Crippen MR) is 127 cm³/mol. The van der Waals surface area contributed by atoms with E-state index in [1.807, 2.05) is 19.1 Å². The second-order valence-electron chi connectivity index (χ2n) is 6.75. The number of carbonyl (C=O) groups excluding carboxylic acids is 1. The van der Waals surface area contributed by atoms with Crippen LogP contribution in [0, 0.1) is 32.8 Å². The number of rotatable bonds is 8. The summed E-state index contributed by atoms with van der Waals surface area (Å²) in [7, 11) is 0. The third-order valence-corrected chi connectivity index (χ3v) is 5.55. The molecule has 0 unspecified atom stereocenters. The average Bonchev–Trinajstić information content (AvgIpc) is 2.83. The molecule has 0 spiro atoms. The lowest BCUT2D eigenvalue weighted by atomic mass is 9.97. The molecule has 10 nitrogen and oxygen atoms in total. The summed E-state index contributed by atoms with van der Waals surface area (Å²) in [6.45, 7) is 2.41. The number of thioether (sulfide) groups is 1. The highest BCUT2D eigenvalue weighted by atomic mass is 32.2. The van der Waals surface area contributed by atoms with Crippen LogP contribution in [0.5, 0.6) is 5.75 Å². The molecule has 1 aromatic heterocycles. The lowest BCUT2D eigenvalue weighted by molar-refractivity contribution is -0.384. The topological polar surface area (TPSA) is 168 Å². The van der Waals surface area contributed by atoms with E-state index >= 15 is 0 Å². The van der Waals surface area contributed by atoms with Crippen LogP contribution in [0.4, 0.5) is 17.2 Å². The SMILES string of the molecule is CCOc1ccc(NC(=O)CSc2nc(N)c(C#N)c(-c3ccc([N+](=O)[O-])cc3)c2C#N)cc1. The van der Waals surface area contributed by atoms with Gasteiger partial charge in [-0.15, -0.1) is 0 Å². The van der Waals surface area contributed by atoms with Gasteiger partial charge < -0.3 is 15.8 Å². The van der Waals surface area contributed by atoms with Crippen molar-refractivity contribution in [1.82, 2.24) is 4.98 Å². The van der Waals surface area contributed by atoms with Crippen LogP contribution in [-0.2, 0) is 4.79 Å². The Morgan fingerprint density at radius 1 is 1.15 bits per heavy atom. The molecule has 1 amide bonds. The number of nitriles is 2. The molecule has 170 valence electrons. The first kappa shape index (κ1) is 24.0. The quantitative estimate of drug-likeness (QED) is 0.277. The fourth-order valence-electron chi connectivity index (χ4n) is 3.07. The molecule has 0 aliphatic rings. The van der Waals surface area contributed by atoms with Crippen molar-refractivity contribution in [1.29, 1.82) is 10.5 Å². The number of non-ortho nitro benzene ring substituents is 1. The summed E-state index contributed by atoms with van der Waals surface area (Å²) >= 11 is 0.993. The zero-order valence-corrected chi connectivity index (χ0v) is 18.8. The monoisotopic (exact) mass is 474 g/mol. The van der Waals surface area contributed by atoms with Gasteiger partial charge in [0.1, 0.15) is 34.3 Å². The molecule has 0 saturated carbocycles. The van der Waals surface area contributed by atoms with Crippen molar-refractivity contribution in [2.75, 3.05) is 23.4 Å². The van der Waals surface area contributed by atoms with Crippen LogP contribution in [0.2, 0.25) is 0 Å². The van der Waals surface area contributed by atoms with E-state index in [0.29, 0.717) is 23.6 Å². The molecular formula is C23H18N6O4S. The van der Waals surface area contributed by atoms with Gasteiger partial charge in [0.05, 0.1) is 22.8 Å². The number of anilines is 2. The number of carbonyl (C=O) groups is 1. The molecule has 3 rings (SSSR count). The third-order valence-electron chi connectivity index (χ3n) is 4.57. The molecule has 34 heavy (non-hydrogen) atoms. The van der Waals surface area contributed by atoms with Gasteiger partial charge in [-0.2, -0.15) is 10.5 Å². The van der Waals surface area contributed by atoms with Crippen molar-refractivity contribution in [2.24, 2.45) is 0 Å². The standard InChI is InChI=1S/C23H18N6O4S/c1-2-33-17-9-5-15(6-10-17)27-20(30)13-34-23-19(12-25)21(18(11-24)22(26)28-23)14-3-7-16(8-4-14)29(31)32/h3-10H,2,13H2,1H3,(H2,26,28)(H,27,30). The van der Waals surface area contributed by atoms with Crippen molar-refractivity contribution in [3.8, 4) is 29.0 Å². The first-order valence-electron chi connectivity index (χ1n) is 9.91. The van der Waals surface area contributed by atoms with Gasteiger partial charge in [0.25, 0.3) is 5.69 Å². The normalized spacial score (nSPS) is 10.1. The van der Waals surface area contributed by atoms with E-state index in [1.54, 1.807) is 24.3 Å². The van der Waals surface area contributed by atoms with Crippen molar-refractivity contribution in [2.45, 2.75) is 11.9 Å². The maximum Gasteiger partial charge on any atom is 0.269 e. The highest BCUT2D eigenvalue weighted by Gasteiger charge is 2.21. The van der Waals surface area contributed by atoms with Crippen LogP contribution in [0.3, 0.4) is 0 Å². The lowest BCUT2D eigenvalue weighted by Gasteiger charge is -2.13. The molecule has 11 heteroatoms. The Hall–Kier alpha value is -4.61. The van der Waals surface area contributed by atoms with Gasteiger partial charge in [-0.25, -0.2) is 4.98 Å². The maximum absolute atomic E-state index is 12.4. The molecule has 0 radical (unpaired) electrons. The number of aromatic nitrogens is 1. The number of amides is 1. The van der Waals surface area contributed by atoms with Crippen LogP contribution in [0.15, 0.2) is 53.6 Å². The summed E-state index contributed by atoms with van der Waals surface area (Å²) in [6, 6.07) is 16.3. The number of ether oxygens (including phenoxy) is 1. The Labute approximate surface area is 199 Å². The molecule has 0 atom stereocenters. The van der Waals surface area contributed by atoms with E-state index in [4.69, 9.17) is 10.5 Å². The molecular weight excluding hydrogens is 456 g/mol. The molecule has 3 N–H and O–H groups in total. The van der Waals surface area contributed by atoms with E-state index in [2.05, 4.69) is 10.3 Å². The number of nitrogen functional groups attached to an aromatic ring is 1. The Balaban J connectivity index is 1.86. The summed E-state index contributed by atoms with van der Waals surface area (Å²) in [4.78, 5) is 27.0. The number of nitro groups is 1. The van der Waals surface area contributed by atoms with Gasteiger partial charge in [0.15, 0.2) is 0 Å². The average molecular weight is 475 g/mol. The highest BCUT2D eigenvalue weighted by Crippen LogP contribution is 2.36. The lowest BCUT2D eigenvalue weighted by Crippen LogP contribution is -2.14. The second-order valence-corrected chi connectivity index (χ2v) is 7.71. The highest BCUT2D eigenvalue weighted by molar-refractivity contribution is 8.00. The van der Waals surface area contributed by atoms with Crippen LogP contribution in [0.25, 0.3) is 11.1 Å². The Bertz CT molecular complexity index is 1310. The summed E-state index contributed by atoms with van der Waals surface area (Å²) in [5, 5.41) is 33.3. The predicted octanol–water partition coefficient (Wildman–Crippen LogP) is 4.11. The van der Waals surface area contributed by atoms with Crippen LogP contribution in [0.1, 0.15) is 18.1 Å². The van der Waals surface area contributed by atoms with E-state index in [9.17, 15) is 25.4 Å². The minimum Gasteiger partial charge on any atom is -0.494 e. The first-order valence-corrected chi connectivity index (χ1v) is 10.9. The molecule has 0 aliphatic heterocycles. The number of hydrogen-bond donors (Lipinski definition) is 2. The van der Waals surface area contributed by atoms with Gasteiger partial charge in [0, 0.05) is 23.4 Å². The summed E-state index contributed by atoms with van der Waals surface area (Å²) in [5.74, 6) is 0.174. The van der Waals surface area contributed by atoms with Gasteiger partial charge in [-0.1, -0.05) is 11.8 Å². The second kappa shape index (κ2) is 10.8. The molecule has 0 bridgehead atoms. The smallest absolute Gasteiger partial charge is 0.269 e. The van der Waals surface area contributed by atoms with E-state index in [0.717, 1.165) is 11.8 Å². The number of benzene rings is 2. The fraction of sp³-hybridized carbons (Fsp3) is 0.130. The third kappa shape index (κ3) is 5.41. The maximum atomic E-state index is 12.4. The minimum atomic E-state index is -0.550. The van der Waals surface area contributed by atoms with Gasteiger partial charge >= 0.3 is 0 Å². The van der Waals surface area contributed by atoms with Crippen molar-refractivity contribution in [3.05, 3.63) is 69.8 Å². The van der Waals surface area contributed by atoms with Crippen LogP contribution in [-0.4, -0.2) is 28.2 Å². The van der Waals surface area contributed by atoms with E-state index in [1.165, 1.54) is 24.3 Å². The number of nitrogens with zero attached hydrogens (tertiary/aromatic N) is 4. The van der Waals surface area contributed by atoms with Gasteiger partial charge in [0.2, 0.25) is 5.91 Å².